The molecular weight excluding hydrogens is 354 g/mol. The molecule has 0 saturated carbocycles. The molecule has 3 rings (SSSR count). The number of piperidine rings is 1. The van der Waals surface area contributed by atoms with Gasteiger partial charge in [0.2, 0.25) is 0 Å². The molecule has 0 radical (unpaired) electrons. The highest BCUT2D eigenvalue weighted by Crippen LogP contribution is 2.44. The number of hydrogen-bond acceptors (Lipinski definition) is 3. The minimum absolute atomic E-state index is 0.0662. The van der Waals surface area contributed by atoms with E-state index >= 15 is 0 Å². The van der Waals surface area contributed by atoms with Crippen molar-refractivity contribution in [1.82, 2.24) is 9.80 Å². The summed E-state index contributed by atoms with van der Waals surface area (Å²) in [6.07, 6.45) is 2.74. The average molecular weight is 376 g/mol. The zero-order valence-corrected chi connectivity index (χ0v) is 15.3. The van der Waals surface area contributed by atoms with Gasteiger partial charge in [-0.2, -0.15) is 0 Å². The molecule has 0 aliphatic carbocycles. The number of carbonyl (C=O) groups is 2. The number of aliphatic hydroxyl groups excluding tert-OH is 1. The van der Waals surface area contributed by atoms with Crippen molar-refractivity contribution in [2.45, 2.75) is 31.8 Å². The molecule has 2 aliphatic heterocycles. The first-order valence-corrected chi connectivity index (χ1v) is 8.85. The number of carbonyl (C=O) groups excluding carboxylic acids is 2. The van der Waals surface area contributed by atoms with Crippen molar-refractivity contribution in [3.8, 4) is 0 Å². The molecule has 2 amide bonds. The van der Waals surface area contributed by atoms with E-state index in [0.29, 0.717) is 24.9 Å². The maximum atomic E-state index is 13.5. The van der Waals surface area contributed by atoms with Gasteiger partial charge in [-0.05, 0) is 30.5 Å². The Balaban J connectivity index is 1.96. The van der Waals surface area contributed by atoms with E-state index in [1.165, 1.54) is 15.9 Å². The minimum atomic E-state index is -0.983. The summed E-state index contributed by atoms with van der Waals surface area (Å²) < 4.78 is 26.6. The highest BCUT2D eigenvalue weighted by molar-refractivity contribution is 6.06. The SMILES string of the molecule is C=CC1(CC)C2CCN(Cc3ccc(F)c(F)c3)C(=O)C2=C(O)C(=O)N1C. The van der Waals surface area contributed by atoms with E-state index in [0.717, 1.165) is 12.1 Å². The fraction of sp³-hybridized carbons (Fsp3) is 0.400. The van der Waals surface area contributed by atoms with Crippen molar-refractivity contribution in [2.24, 2.45) is 5.92 Å². The minimum Gasteiger partial charge on any atom is -0.503 e. The molecule has 0 bridgehead atoms. The van der Waals surface area contributed by atoms with Crippen LogP contribution in [0.15, 0.2) is 42.2 Å². The van der Waals surface area contributed by atoms with Crippen molar-refractivity contribution < 1.29 is 23.5 Å². The lowest BCUT2D eigenvalue weighted by atomic mass is 9.69. The molecule has 2 heterocycles. The zero-order chi connectivity index (χ0) is 19.9. The highest BCUT2D eigenvalue weighted by Gasteiger charge is 2.53. The topological polar surface area (TPSA) is 60.9 Å². The van der Waals surface area contributed by atoms with Gasteiger partial charge < -0.3 is 14.9 Å². The Bertz CT molecular complexity index is 852. The zero-order valence-electron chi connectivity index (χ0n) is 15.3. The van der Waals surface area contributed by atoms with E-state index in [-0.39, 0.29) is 18.0 Å². The predicted octanol–water partition coefficient (Wildman–Crippen LogP) is 2.93. The summed E-state index contributed by atoms with van der Waals surface area (Å²) in [5, 5.41) is 10.4. The van der Waals surface area contributed by atoms with Gasteiger partial charge in [0, 0.05) is 26.1 Å². The molecule has 0 spiro atoms. The molecule has 1 aromatic rings. The van der Waals surface area contributed by atoms with Gasteiger partial charge in [0.05, 0.1) is 11.1 Å². The molecule has 1 N–H and O–H groups in total. The van der Waals surface area contributed by atoms with E-state index in [1.54, 1.807) is 13.1 Å². The number of fused-ring (bicyclic) bond motifs is 1. The van der Waals surface area contributed by atoms with E-state index < -0.39 is 34.7 Å². The number of halogens is 2. The van der Waals surface area contributed by atoms with Crippen LogP contribution in [0.4, 0.5) is 8.78 Å². The number of rotatable bonds is 4. The average Bonchev–Trinajstić information content (AvgIpc) is 2.66. The Hall–Kier alpha value is -2.70. The van der Waals surface area contributed by atoms with Gasteiger partial charge in [-0.3, -0.25) is 9.59 Å². The first kappa shape index (κ1) is 19.1. The van der Waals surface area contributed by atoms with Crippen LogP contribution < -0.4 is 0 Å². The number of likely N-dealkylation sites (N-methyl/N-ethyl adjacent to an activating group) is 1. The fourth-order valence-corrected chi connectivity index (χ4v) is 4.23. The molecule has 5 nitrogen and oxygen atoms in total. The van der Waals surface area contributed by atoms with Crippen LogP contribution in [-0.4, -0.2) is 45.9 Å². The van der Waals surface area contributed by atoms with Crippen molar-refractivity contribution in [3.05, 3.63) is 59.4 Å². The van der Waals surface area contributed by atoms with E-state index in [1.807, 2.05) is 6.92 Å². The fourth-order valence-electron chi connectivity index (χ4n) is 4.23. The second-order valence-electron chi connectivity index (χ2n) is 6.99. The Labute approximate surface area is 156 Å². The van der Waals surface area contributed by atoms with Crippen molar-refractivity contribution in [1.29, 1.82) is 0 Å². The monoisotopic (exact) mass is 376 g/mol. The Morgan fingerprint density at radius 1 is 1.30 bits per heavy atom. The number of benzene rings is 1. The summed E-state index contributed by atoms with van der Waals surface area (Å²) in [5.74, 6) is -3.93. The maximum Gasteiger partial charge on any atom is 0.289 e. The molecule has 144 valence electrons. The lowest BCUT2D eigenvalue weighted by Crippen LogP contribution is -2.61. The Kier molecular flexibility index (Phi) is 4.80. The van der Waals surface area contributed by atoms with Gasteiger partial charge in [0.15, 0.2) is 17.4 Å². The Morgan fingerprint density at radius 2 is 2.00 bits per heavy atom. The van der Waals surface area contributed by atoms with Gasteiger partial charge >= 0.3 is 0 Å². The summed E-state index contributed by atoms with van der Waals surface area (Å²) in [6.45, 7) is 6.20. The lowest BCUT2D eigenvalue weighted by molar-refractivity contribution is -0.143. The number of nitrogens with zero attached hydrogens (tertiary/aromatic N) is 2. The second-order valence-corrected chi connectivity index (χ2v) is 6.99. The third kappa shape index (κ3) is 2.81. The summed E-state index contributed by atoms with van der Waals surface area (Å²) >= 11 is 0. The Morgan fingerprint density at radius 3 is 2.59 bits per heavy atom. The molecule has 1 saturated heterocycles. The van der Waals surface area contributed by atoms with Crippen LogP contribution in [0.2, 0.25) is 0 Å². The number of amides is 2. The summed E-state index contributed by atoms with van der Waals surface area (Å²) in [5.41, 5.74) is -0.234. The van der Waals surface area contributed by atoms with Crippen LogP contribution in [-0.2, 0) is 16.1 Å². The molecule has 2 unspecified atom stereocenters. The van der Waals surface area contributed by atoms with E-state index in [9.17, 15) is 23.5 Å². The summed E-state index contributed by atoms with van der Waals surface area (Å²) in [4.78, 5) is 28.4. The molecule has 1 aromatic carbocycles. The van der Waals surface area contributed by atoms with Crippen LogP contribution in [0, 0.1) is 17.6 Å². The smallest absolute Gasteiger partial charge is 0.289 e. The third-order valence-electron chi connectivity index (χ3n) is 5.82. The van der Waals surface area contributed by atoms with E-state index in [2.05, 4.69) is 6.58 Å². The van der Waals surface area contributed by atoms with Gasteiger partial charge in [-0.15, -0.1) is 6.58 Å². The predicted molar refractivity (Wildman–Crippen MR) is 95.5 cm³/mol. The van der Waals surface area contributed by atoms with Gasteiger partial charge in [-0.25, -0.2) is 8.78 Å². The molecule has 1 fully saturated rings. The molecule has 2 atom stereocenters. The maximum absolute atomic E-state index is 13.5. The van der Waals surface area contributed by atoms with Crippen molar-refractivity contribution >= 4 is 11.8 Å². The van der Waals surface area contributed by atoms with Crippen LogP contribution in [0.25, 0.3) is 0 Å². The largest absolute Gasteiger partial charge is 0.503 e. The van der Waals surface area contributed by atoms with Gasteiger partial charge in [0.1, 0.15) is 0 Å². The first-order valence-electron chi connectivity index (χ1n) is 8.85. The van der Waals surface area contributed by atoms with Crippen LogP contribution in [0.3, 0.4) is 0 Å². The molecular formula is C20H22F2N2O3. The van der Waals surface area contributed by atoms with Crippen LogP contribution in [0.5, 0.6) is 0 Å². The summed E-state index contributed by atoms with van der Waals surface area (Å²) in [6, 6.07) is 3.46. The third-order valence-corrected chi connectivity index (χ3v) is 5.82. The first-order chi connectivity index (χ1) is 12.8. The summed E-state index contributed by atoms with van der Waals surface area (Å²) in [7, 11) is 1.60. The van der Waals surface area contributed by atoms with Gasteiger partial charge in [-0.1, -0.05) is 19.1 Å². The molecule has 0 aromatic heterocycles. The molecule has 7 heteroatoms. The highest BCUT2D eigenvalue weighted by atomic mass is 19.2. The van der Waals surface area contributed by atoms with Gasteiger partial charge in [0.25, 0.3) is 11.8 Å². The molecule has 2 aliphatic rings. The number of aliphatic hydroxyl groups is 1. The standard InChI is InChI=1S/C20H22F2N2O3/c1-4-20(5-2)13-8-9-24(11-12-6-7-14(21)15(22)10-12)18(26)16(13)17(25)19(27)23(20)3/h4,6-7,10,13,25H,1,5,8-9,11H2,2-3H3. The normalized spacial score (nSPS) is 25.7. The second kappa shape index (κ2) is 6.79. The quantitative estimate of drug-likeness (QED) is 0.822. The lowest BCUT2D eigenvalue weighted by Gasteiger charge is -2.51. The van der Waals surface area contributed by atoms with Crippen LogP contribution >= 0.6 is 0 Å². The van der Waals surface area contributed by atoms with Crippen LogP contribution in [0.1, 0.15) is 25.3 Å². The van der Waals surface area contributed by atoms with Crippen molar-refractivity contribution in [3.63, 3.8) is 0 Å². The molecule has 27 heavy (non-hydrogen) atoms. The van der Waals surface area contributed by atoms with Crippen molar-refractivity contribution in [2.75, 3.05) is 13.6 Å². The van der Waals surface area contributed by atoms with E-state index in [4.69, 9.17) is 0 Å². The number of hydrogen-bond donors (Lipinski definition) is 1. The number of likely N-dealkylation sites (tertiary alicyclic amines) is 1.